The van der Waals surface area contributed by atoms with Crippen molar-refractivity contribution in [1.29, 1.82) is 0 Å². The van der Waals surface area contributed by atoms with Crippen molar-refractivity contribution >= 4 is 17.7 Å². The van der Waals surface area contributed by atoms with Crippen LogP contribution >= 0.6 is 0 Å². The molecule has 1 fully saturated rings. The second-order valence-corrected chi connectivity index (χ2v) is 3.91. The van der Waals surface area contributed by atoms with Crippen molar-refractivity contribution < 1.29 is 14.7 Å². The maximum atomic E-state index is 12.1. The Kier molecular flexibility index (Phi) is 2.94. The molecule has 1 aliphatic rings. The number of anilines is 1. The van der Waals surface area contributed by atoms with Crippen LogP contribution in [0.3, 0.4) is 0 Å². The van der Waals surface area contributed by atoms with E-state index in [9.17, 15) is 9.59 Å². The first kappa shape index (κ1) is 11.4. The first-order valence-electron chi connectivity index (χ1n) is 5.31. The van der Waals surface area contributed by atoms with Gasteiger partial charge in [-0.25, -0.2) is 4.79 Å². The Labute approximate surface area is 96.8 Å². The number of H-pyrrole nitrogens is 1. The lowest BCUT2D eigenvalue weighted by molar-refractivity contribution is -0.143. The Morgan fingerprint density at radius 1 is 1.41 bits per heavy atom. The monoisotopic (exact) mass is 239 g/mol. The molecule has 1 aliphatic heterocycles. The van der Waals surface area contributed by atoms with Crippen molar-refractivity contribution in [2.24, 2.45) is 0 Å². The van der Waals surface area contributed by atoms with Gasteiger partial charge < -0.3 is 15.7 Å². The number of nitrogens with two attached hydrogens (primary N) is 1. The molecule has 17 heavy (non-hydrogen) atoms. The quantitative estimate of drug-likeness (QED) is 0.636. The SMILES string of the molecule is Nc1n[nH]nc1C(=O)N1CCCCC1C(=O)O. The molecule has 8 heteroatoms. The number of carboxylic acids is 1. The lowest BCUT2D eigenvalue weighted by atomic mass is 10.0. The molecule has 4 N–H and O–H groups in total. The molecule has 8 nitrogen and oxygen atoms in total. The Morgan fingerprint density at radius 3 is 2.76 bits per heavy atom. The Balaban J connectivity index is 2.23. The number of nitrogen functional groups attached to an aromatic ring is 1. The number of carbonyl (C=O) groups excluding carboxylic acids is 1. The molecule has 2 heterocycles. The van der Waals surface area contributed by atoms with Crippen LogP contribution < -0.4 is 5.73 Å². The van der Waals surface area contributed by atoms with Gasteiger partial charge in [0.1, 0.15) is 6.04 Å². The van der Waals surface area contributed by atoms with Gasteiger partial charge in [0.15, 0.2) is 11.5 Å². The van der Waals surface area contributed by atoms with Crippen LogP contribution in [-0.4, -0.2) is 49.9 Å². The molecule has 1 unspecified atom stereocenters. The number of nitrogens with one attached hydrogen (secondary N) is 1. The normalized spacial score (nSPS) is 20.2. The second-order valence-electron chi connectivity index (χ2n) is 3.91. The van der Waals surface area contributed by atoms with E-state index in [-0.39, 0.29) is 11.5 Å². The van der Waals surface area contributed by atoms with Crippen molar-refractivity contribution in [2.45, 2.75) is 25.3 Å². The summed E-state index contributed by atoms with van der Waals surface area (Å²) in [6, 6.07) is -0.799. The molecular formula is C9H13N5O3. The maximum absolute atomic E-state index is 12.1. The van der Waals surface area contributed by atoms with Crippen LogP contribution in [-0.2, 0) is 4.79 Å². The zero-order valence-electron chi connectivity index (χ0n) is 9.09. The fourth-order valence-electron chi connectivity index (χ4n) is 1.96. The zero-order valence-corrected chi connectivity index (χ0v) is 9.09. The number of hydrogen-bond acceptors (Lipinski definition) is 5. The molecule has 2 rings (SSSR count). The Hall–Kier alpha value is -2.12. The molecule has 0 saturated carbocycles. The van der Waals surface area contributed by atoms with Gasteiger partial charge in [-0.1, -0.05) is 0 Å². The third kappa shape index (κ3) is 2.05. The number of aromatic nitrogens is 3. The molecule has 0 bridgehead atoms. The summed E-state index contributed by atoms with van der Waals surface area (Å²) in [5, 5.41) is 18.5. The van der Waals surface area contributed by atoms with Crippen LogP contribution in [0.25, 0.3) is 0 Å². The van der Waals surface area contributed by atoms with Gasteiger partial charge in [0, 0.05) is 6.54 Å². The molecule has 0 aliphatic carbocycles. The van der Waals surface area contributed by atoms with Gasteiger partial charge in [-0.2, -0.15) is 5.21 Å². The van der Waals surface area contributed by atoms with Crippen LogP contribution in [0, 0.1) is 0 Å². The smallest absolute Gasteiger partial charge is 0.326 e. The fourth-order valence-corrected chi connectivity index (χ4v) is 1.96. The van der Waals surface area contributed by atoms with Gasteiger partial charge in [0.05, 0.1) is 0 Å². The van der Waals surface area contributed by atoms with Crippen molar-refractivity contribution in [1.82, 2.24) is 20.3 Å². The summed E-state index contributed by atoms with van der Waals surface area (Å²) in [5.74, 6) is -1.49. The van der Waals surface area contributed by atoms with E-state index >= 15 is 0 Å². The third-order valence-corrected chi connectivity index (χ3v) is 2.83. The summed E-state index contributed by atoms with van der Waals surface area (Å²) in [6.45, 7) is 0.405. The summed E-state index contributed by atoms with van der Waals surface area (Å²) in [6.07, 6.45) is 2.04. The second kappa shape index (κ2) is 4.40. The Bertz CT molecular complexity index is 444. The van der Waals surface area contributed by atoms with E-state index in [1.807, 2.05) is 0 Å². The number of piperidine rings is 1. The van der Waals surface area contributed by atoms with E-state index in [4.69, 9.17) is 10.8 Å². The summed E-state index contributed by atoms with van der Waals surface area (Å²) < 4.78 is 0. The number of carboxylic acid groups (broad SMARTS) is 1. The topological polar surface area (TPSA) is 125 Å². The molecule has 1 saturated heterocycles. The highest BCUT2D eigenvalue weighted by Gasteiger charge is 2.34. The first-order valence-corrected chi connectivity index (χ1v) is 5.31. The summed E-state index contributed by atoms with van der Waals surface area (Å²) in [5.41, 5.74) is 5.45. The minimum atomic E-state index is -1.000. The van der Waals surface area contributed by atoms with Gasteiger partial charge in [-0.3, -0.25) is 4.79 Å². The van der Waals surface area contributed by atoms with Crippen LogP contribution in [0.15, 0.2) is 0 Å². The van der Waals surface area contributed by atoms with Crippen LogP contribution in [0.2, 0.25) is 0 Å². The van der Waals surface area contributed by atoms with Crippen molar-refractivity contribution in [3.8, 4) is 0 Å². The highest BCUT2D eigenvalue weighted by atomic mass is 16.4. The molecule has 1 aromatic rings. The van der Waals surface area contributed by atoms with E-state index < -0.39 is 17.9 Å². The van der Waals surface area contributed by atoms with Crippen LogP contribution in [0.5, 0.6) is 0 Å². The van der Waals surface area contributed by atoms with Gasteiger partial charge in [-0.05, 0) is 19.3 Å². The largest absolute Gasteiger partial charge is 0.480 e. The van der Waals surface area contributed by atoms with Gasteiger partial charge in [0.25, 0.3) is 5.91 Å². The van der Waals surface area contributed by atoms with Crippen LogP contribution in [0.1, 0.15) is 29.8 Å². The average Bonchev–Trinajstić information content (AvgIpc) is 2.74. The lowest BCUT2D eigenvalue weighted by Crippen LogP contribution is -2.48. The van der Waals surface area contributed by atoms with Crippen molar-refractivity contribution in [3.05, 3.63) is 5.69 Å². The number of likely N-dealkylation sites (tertiary alicyclic amines) is 1. The summed E-state index contributed by atoms with van der Waals surface area (Å²) in [4.78, 5) is 24.4. The van der Waals surface area contributed by atoms with E-state index in [2.05, 4.69) is 15.4 Å². The zero-order chi connectivity index (χ0) is 12.4. The van der Waals surface area contributed by atoms with Crippen molar-refractivity contribution in [2.75, 3.05) is 12.3 Å². The van der Waals surface area contributed by atoms with Gasteiger partial charge in [0.2, 0.25) is 0 Å². The molecule has 1 amide bonds. The minimum Gasteiger partial charge on any atom is -0.480 e. The molecule has 0 aromatic carbocycles. The average molecular weight is 239 g/mol. The number of aliphatic carboxylic acids is 1. The van der Waals surface area contributed by atoms with E-state index in [1.165, 1.54) is 4.90 Å². The molecule has 0 radical (unpaired) electrons. The minimum absolute atomic E-state index is 0.00953. The van der Waals surface area contributed by atoms with E-state index in [0.717, 1.165) is 12.8 Å². The predicted octanol–water partition coefficient (Wildman–Crippen LogP) is -0.534. The molecular weight excluding hydrogens is 226 g/mol. The molecule has 1 atom stereocenters. The van der Waals surface area contributed by atoms with E-state index in [0.29, 0.717) is 13.0 Å². The maximum Gasteiger partial charge on any atom is 0.326 e. The Morgan fingerprint density at radius 2 is 2.18 bits per heavy atom. The van der Waals surface area contributed by atoms with Crippen LogP contribution in [0.4, 0.5) is 5.82 Å². The van der Waals surface area contributed by atoms with E-state index in [1.54, 1.807) is 0 Å². The predicted molar refractivity (Wildman–Crippen MR) is 57.1 cm³/mol. The van der Waals surface area contributed by atoms with Gasteiger partial charge in [-0.15, -0.1) is 10.2 Å². The number of carbonyl (C=O) groups is 2. The van der Waals surface area contributed by atoms with Gasteiger partial charge >= 0.3 is 5.97 Å². The lowest BCUT2D eigenvalue weighted by Gasteiger charge is -2.32. The highest BCUT2D eigenvalue weighted by Crippen LogP contribution is 2.20. The number of amides is 1. The number of hydrogen-bond donors (Lipinski definition) is 3. The summed E-state index contributed by atoms with van der Waals surface area (Å²) >= 11 is 0. The molecule has 92 valence electrons. The number of nitrogens with zero attached hydrogens (tertiary/aromatic N) is 3. The summed E-state index contributed by atoms with van der Waals surface area (Å²) in [7, 11) is 0. The number of aromatic amines is 1. The third-order valence-electron chi connectivity index (χ3n) is 2.83. The number of rotatable bonds is 2. The fraction of sp³-hybridized carbons (Fsp3) is 0.556. The highest BCUT2D eigenvalue weighted by molar-refractivity contribution is 5.98. The molecule has 0 spiro atoms. The van der Waals surface area contributed by atoms with Crippen molar-refractivity contribution in [3.63, 3.8) is 0 Å². The standard InChI is InChI=1S/C9H13N5O3/c10-7-6(11-13-12-7)8(15)14-4-2-1-3-5(14)9(16)17/h5H,1-4H2,(H,16,17)(H3,10,11,12,13). The molecule has 1 aromatic heterocycles. The first-order chi connectivity index (χ1) is 8.11.